The molecule has 0 spiro atoms. The van der Waals surface area contributed by atoms with Crippen molar-refractivity contribution < 1.29 is 5.03 Å². The number of nitrogens with two attached hydrogens (primary N) is 1. The Balaban J connectivity index is 2.11. The second-order valence-electron chi connectivity index (χ2n) is 3.36. The molecule has 2 rings (SSSR count). The number of nitrogens with one attached hydrogen (secondary N) is 1. The number of imidazole rings is 1. The Bertz CT molecular complexity index is 561. The number of hydrazone groups is 1. The number of nitrogens with zero attached hydrogens (tertiary/aromatic N) is 4. The molecule has 0 atom stereocenters. The van der Waals surface area contributed by atoms with Gasteiger partial charge in [-0.2, -0.15) is 0 Å². The molecule has 3 N–H and O–H groups in total. The van der Waals surface area contributed by atoms with Crippen molar-refractivity contribution in [2.24, 2.45) is 10.8 Å². The lowest BCUT2D eigenvalue weighted by molar-refractivity contribution is -0.485. The van der Waals surface area contributed by atoms with Gasteiger partial charge < -0.3 is 15.6 Å². The lowest BCUT2D eigenvalue weighted by Crippen LogP contribution is -2.23. The number of guanidine groups is 1. The van der Waals surface area contributed by atoms with Gasteiger partial charge in [0.1, 0.15) is 5.10 Å². The summed E-state index contributed by atoms with van der Waals surface area (Å²) >= 11 is 0. The summed E-state index contributed by atoms with van der Waals surface area (Å²) in [6.45, 7) is 0. The van der Waals surface area contributed by atoms with E-state index < -0.39 is 5.03 Å². The SMILES string of the molecule is NC(=N[N+](=O)[O-])Nc1ccc(-n2ccnc2)cc1. The molecule has 0 bridgehead atoms. The summed E-state index contributed by atoms with van der Waals surface area (Å²) in [6, 6.07) is 7.11. The summed E-state index contributed by atoms with van der Waals surface area (Å²) in [5.41, 5.74) is 6.85. The van der Waals surface area contributed by atoms with Gasteiger partial charge in [-0.15, -0.1) is 0 Å². The van der Waals surface area contributed by atoms with Gasteiger partial charge in [-0.3, -0.25) is 0 Å². The van der Waals surface area contributed by atoms with Crippen molar-refractivity contribution in [3.8, 4) is 5.69 Å². The summed E-state index contributed by atoms with van der Waals surface area (Å²) in [4.78, 5) is 14.0. The van der Waals surface area contributed by atoms with Crippen LogP contribution in [0, 0.1) is 10.1 Å². The van der Waals surface area contributed by atoms with E-state index >= 15 is 0 Å². The van der Waals surface area contributed by atoms with Crippen molar-refractivity contribution in [3.05, 3.63) is 53.1 Å². The van der Waals surface area contributed by atoms with E-state index in [-0.39, 0.29) is 5.96 Å². The molecule has 0 radical (unpaired) electrons. The van der Waals surface area contributed by atoms with Gasteiger partial charge in [0.2, 0.25) is 0 Å². The van der Waals surface area contributed by atoms with Crippen molar-refractivity contribution in [3.63, 3.8) is 0 Å². The molecule has 0 saturated carbocycles. The first-order chi connectivity index (χ1) is 8.65. The van der Waals surface area contributed by atoms with E-state index in [0.29, 0.717) is 5.69 Å². The third kappa shape index (κ3) is 2.82. The fourth-order valence-corrected chi connectivity index (χ4v) is 1.39. The normalized spacial score (nSPS) is 11.2. The monoisotopic (exact) mass is 246 g/mol. The Hall–Kier alpha value is -2.90. The second kappa shape index (κ2) is 4.95. The van der Waals surface area contributed by atoms with Gasteiger partial charge in [0.05, 0.1) is 6.33 Å². The highest BCUT2D eigenvalue weighted by Gasteiger charge is 2.01. The van der Waals surface area contributed by atoms with E-state index in [0.717, 1.165) is 5.69 Å². The molecule has 18 heavy (non-hydrogen) atoms. The number of rotatable bonds is 3. The predicted octanol–water partition coefficient (Wildman–Crippen LogP) is 0.791. The first kappa shape index (κ1) is 11.6. The highest BCUT2D eigenvalue weighted by Crippen LogP contribution is 2.12. The molecule has 0 unspecified atom stereocenters. The maximum Gasteiger partial charge on any atom is 0.270 e. The minimum atomic E-state index is -0.859. The zero-order chi connectivity index (χ0) is 13.0. The van der Waals surface area contributed by atoms with Crippen LogP contribution in [0.5, 0.6) is 0 Å². The standard InChI is InChI=1S/C10H10N6O2/c11-10(14-16(17)18)13-8-1-3-9(4-2-8)15-6-5-12-7-15/h1-7H,(H3,11,13,14). The van der Waals surface area contributed by atoms with E-state index in [9.17, 15) is 10.1 Å². The summed E-state index contributed by atoms with van der Waals surface area (Å²) in [7, 11) is 0. The minimum Gasteiger partial charge on any atom is -0.364 e. The van der Waals surface area contributed by atoms with Crippen LogP contribution in [-0.4, -0.2) is 20.5 Å². The molecule has 0 aliphatic rings. The largest absolute Gasteiger partial charge is 0.364 e. The van der Waals surface area contributed by atoms with Gasteiger partial charge >= 0.3 is 0 Å². The van der Waals surface area contributed by atoms with E-state index in [1.54, 1.807) is 24.7 Å². The third-order valence-electron chi connectivity index (χ3n) is 2.13. The third-order valence-corrected chi connectivity index (χ3v) is 2.13. The Morgan fingerprint density at radius 3 is 2.72 bits per heavy atom. The molecule has 1 heterocycles. The van der Waals surface area contributed by atoms with Gasteiger partial charge in [0.25, 0.3) is 5.96 Å². The molecule has 92 valence electrons. The number of hydrogen-bond acceptors (Lipinski definition) is 3. The smallest absolute Gasteiger partial charge is 0.270 e. The second-order valence-corrected chi connectivity index (χ2v) is 3.36. The number of anilines is 1. The number of nitro groups is 1. The van der Waals surface area contributed by atoms with Crippen LogP contribution >= 0.6 is 0 Å². The van der Waals surface area contributed by atoms with Crippen LogP contribution in [0.2, 0.25) is 0 Å². The lowest BCUT2D eigenvalue weighted by atomic mass is 10.3. The van der Waals surface area contributed by atoms with Gasteiger partial charge in [-0.05, 0) is 24.3 Å². The molecular weight excluding hydrogens is 236 g/mol. The van der Waals surface area contributed by atoms with E-state index in [1.165, 1.54) is 0 Å². The Morgan fingerprint density at radius 2 is 2.17 bits per heavy atom. The van der Waals surface area contributed by atoms with Crippen LogP contribution in [0.4, 0.5) is 5.69 Å². The number of hydrogen-bond donors (Lipinski definition) is 2. The Labute approximate surface area is 102 Å². The number of benzene rings is 1. The van der Waals surface area contributed by atoms with Crippen molar-refractivity contribution in [1.29, 1.82) is 0 Å². The van der Waals surface area contributed by atoms with Gasteiger partial charge in [-0.25, -0.2) is 15.1 Å². The van der Waals surface area contributed by atoms with Crippen LogP contribution < -0.4 is 11.1 Å². The van der Waals surface area contributed by atoms with Crippen molar-refractivity contribution in [2.45, 2.75) is 0 Å². The van der Waals surface area contributed by atoms with Crippen LogP contribution in [-0.2, 0) is 0 Å². The van der Waals surface area contributed by atoms with Crippen molar-refractivity contribution in [2.75, 3.05) is 5.32 Å². The fourth-order valence-electron chi connectivity index (χ4n) is 1.39. The highest BCUT2D eigenvalue weighted by molar-refractivity contribution is 5.91. The van der Waals surface area contributed by atoms with Gasteiger partial charge in [0, 0.05) is 23.8 Å². The van der Waals surface area contributed by atoms with E-state index in [1.807, 2.05) is 22.9 Å². The first-order valence-electron chi connectivity index (χ1n) is 4.99. The molecule has 1 aromatic carbocycles. The number of aromatic nitrogens is 2. The fraction of sp³-hybridized carbons (Fsp3) is 0. The quantitative estimate of drug-likeness (QED) is 0.360. The first-order valence-corrected chi connectivity index (χ1v) is 4.99. The average Bonchev–Trinajstić information content (AvgIpc) is 2.82. The topological polar surface area (TPSA) is 111 Å². The summed E-state index contributed by atoms with van der Waals surface area (Å²) in [6.07, 6.45) is 5.16. The molecule has 0 amide bonds. The Morgan fingerprint density at radius 1 is 1.44 bits per heavy atom. The molecule has 0 fully saturated rings. The Kier molecular flexibility index (Phi) is 3.19. The molecule has 1 aromatic heterocycles. The molecule has 0 saturated heterocycles. The predicted molar refractivity (Wildman–Crippen MR) is 65.8 cm³/mol. The van der Waals surface area contributed by atoms with Crippen molar-refractivity contribution >= 4 is 11.6 Å². The minimum absolute atomic E-state index is 0.268. The van der Waals surface area contributed by atoms with Crippen LogP contribution in [0.1, 0.15) is 0 Å². The molecule has 8 nitrogen and oxygen atoms in total. The summed E-state index contributed by atoms with van der Waals surface area (Å²) < 4.78 is 1.83. The maximum absolute atomic E-state index is 10.1. The molecule has 0 aliphatic carbocycles. The zero-order valence-corrected chi connectivity index (χ0v) is 9.22. The maximum atomic E-state index is 10.1. The average molecular weight is 246 g/mol. The van der Waals surface area contributed by atoms with Crippen LogP contribution in [0.25, 0.3) is 5.69 Å². The summed E-state index contributed by atoms with van der Waals surface area (Å²) in [5.74, 6) is -0.268. The molecule has 0 aliphatic heterocycles. The van der Waals surface area contributed by atoms with E-state index in [2.05, 4.69) is 15.4 Å². The summed E-state index contributed by atoms with van der Waals surface area (Å²) in [5, 5.41) is 14.8. The van der Waals surface area contributed by atoms with Crippen LogP contribution in [0.15, 0.2) is 48.1 Å². The van der Waals surface area contributed by atoms with Gasteiger partial charge in [0.15, 0.2) is 5.03 Å². The van der Waals surface area contributed by atoms with Crippen molar-refractivity contribution in [1.82, 2.24) is 9.55 Å². The lowest BCUT2D eigenvalue weighted by Gasteiger charge is -2.05. The van der Waals surface area contributed by atoms with Crippen LogP contribution in [0.3, 0.4) is 0 Å². The highest BCUT2D eigenvalue weighted by atomic mass is 16.7. The van der Waals surface area contributed by atoms with E-state index in [4.69, 9.17) is 5.73 Å². The zero-order valence-electron chi connectivity index (χ0n) is 9.22. The molecular formula is C10H10N6O2. The molecule has 2 aromatic rings. The van der Waals surface area contributed by atoms with Gasteiger partial charge in [-0.1, -0.05) is 0 Å². The molecule has 8 heteroatoms.